The lowest BCUT2D eigenvalue weighted by atomic mass is 10.1. The third-order valence-corrected chi connectivity index (χ3v) is 8.67. The number of phosphoric ester groups is 1. The van der Waals surface area contributed by atoms with E-state index >= 15 is 0 Å². The lowest BCUT2D eigenvalue weighted by Crippen LogP contribution is -2.17. The van der Waals surface area contributed by atoms with Gasteiger partial charge in [0.25, 0.3) is 0 Å². The summed E-state index contributed by atoms with van der Waals surface area (Å²) in [6, 6.07) is 0. The summed E-state index contributed by atoms with van der Waals surface area (Å²) in [5.41, 5.74) is 7.00. The van der Waals surface area contributed by atoms with E-state index in [1.807, 2.05) is 6.92 Å². The summed E-state index contributed by atoms with van der Waals surface area (Å²) >= 11 is 0. The quantitative estimate of drug-likeness (QED) is 0.236. The number of rotatable bonds is 9. The SMILES string of the molecule is CC1CC(COP(=O)(O)OP(=O)(O)OP(=O)(O)O)OC1n1cc(-c2ncco2)c2c(N)ncnc21. The van der Waals surface area contributed by atoms with Gasteiger partial charge in [0, 0.05) is 12.1 Å². The molecule has 6 N–H and O–H groups in total. The second-order valence-corrected chi connectivity index (χ2v) is 11.9. The molecule has 1 aliphatic rings. The zero-order valence-corrected chi connectivity index (χ0v) is 20.4. The summed E-state index contributed by atoms with van der Waals surface area (Å²) in [4.78, 5) is 48.5. The Balaban J connectivity index is 1.50. The lowest BCUT2D eigenvalue weighted by Gasteiger charge is -2.19. The van der Waals surface area contributed by atoms with Crippen molar-refractivity contribution in [3.63, 3.8) is 0 Å². The number of anilines is 1. The van der Waals surface area contributed by atoms with Gasteiger partial charge in [0.1, 0.15) is 30.3 Å². The van der Waals surface area contributed by atoms with Crippen molar-refractivity contribution in [3.05, 3.63) is 25.0 Å². The van der Waals surface area contributed by atoms with Gasteiger partial charge in [-0.15, -0.1) is 0 Å². The van der Waals surface area contributed by atoms with E-state index in [2.05, 4.69) is 28.1 Å². The molecule has 1 saturated heterocycles. The molecule has 4 heterocycles. The normalized spacial score (nSPS) is 24.4. The Morgan fingerprint density at radius 2 is 1.89 bits per heavy atom. The first kappa shape index (κ1) is 26.1. The van der Waals surface area contributed by atoms with E-state index in [0.717, 1.165) is 0 Å². The molecule has 0 amide bonds. The molecule has 35 heavy (non-hydrogen) atoms. The molecule has 1 fully saturated rings. The van der Waals surface area contributed by atoms with Crippen LogP contribution in [0.5, 0.6) is 0 Å². The number of phosphoric acid groups is 3. The van der Waals surface area contributed by atoms with Gasteiger partial charge in [-0.1, -0.05) is 6.92 Å². The second kappa shape index (κ2) is 9.47. The third-order valence-electron chi connectivity index (χ3n) is 4.87. The molecule has 0 saturated carbocycles. The molecule has 5 unspecified atom stereocenters. The predicted molar refractivity (Wildman–Crippen MR) is 115 cm³/mol. The largest absolute Gasteiger partial charge is 0.490 e. The van der Waals surface area contributed by atoms with Crippen LogP contribution in [0.2, 0.25) is 0 Å². The Kier molecular flexibility index (Phi) is 7.05. The first-order chi connectivity index (χ1) is 16.2. The zero-order valence-electron chi connectivity index (χ0n) is 17.7. The van der Waals surface area contributed by atoms with Gasteiger partial charge in [0.15, 0.2) is 0 Å². The molecular formula is C15H20N5O12P3. The molecule has 3 aromatic heterocycles. The number of nitrogens with zero attached hydrogens (tertiary/aromatic N) is 4. The van der Waals surface area contributed by atoms with Crippen molar-refractivity contribution in [2.75, 3.05) is 12.3 Å². The maximum atomic E-state index is 12.0. The zero-order chi connectivity index (χ0) is 25.6. The standard InChI is InChI=1S/C15H20N5O12P3/c1-8-4-9(6-29-34(24,25)32-35(26,27)31-33(21,22)23)30-15(8)20-5-10(14-17-2-3-28-14)11-12(16)18-7-19-13(11)20/h2-3,5,7-9,15H,4,6H2,1H3,(H,24,25)(H,26,27)(H2,16,18,19)(H2,21,22,23). The van der Waals surface area contributed by atoms with Gasteiger partial charge in [0.2, 0.25) is 5.89 Å². The van der Waals surface area contributed by atoms with Crippen molar-refractivity contribution in [2.24, 2.45) is 5.92 Å². The fraction of sp³-hybridized carbons (Fsp3) is 0.400. The molecule has 3 aromatic rings. The van der Waals surface area contributed by atoms with Crippen molar-refractivity contribution < 1.29 is 55.6 Å². The molecule has 1 aliphatic heterocycles. The molecule has 5 atom stereocenters. The van der Waals surface area contributed by atoms with Crippen LogP contribution >= 0.6 is 23.5 Å². The Morgan fingerprint density at radius 1 is 1.14 bits per heavy atom. The van der Waals surface area contributed by atoms with E-state index in [9.17, 15) is 23.5 Å². The molecule has 0 bridgehead atoms. The summed E-state index contributed by atoms with van der Waals surface area (Å²) < 4.78 is 59.3. The Labute approximate surface area is 196 Å². The molecule has 192 valence electrons. The van der Waals surface area contributed by atoms with Gasteiger partial charge in [-0.3, -0.25) is 4.52 Å². The fourth-order valence-electron chi connectivity index (χ4n) is 3.67. The molecule has 4 rings (SSSR count). The average molecular weight is 555 g/mol. The van der Waals surface area contributed by atoms with Crippen molar-refractivity contribution in [3.8, 4) is 11.5 Å². The highest BCUT2D eigenvalue weighted by molar-refractivity contribution is 7.66. The minimum absolute atomic E-state index is 0.172. The first-order valence-electron chi connectivity index (χ1n) is 9.69. The Bertz CT molecular complexity index is 1360. The van der Waals surface area contributed by atoms with Crippen LogP contribution in [0.25, 0.3) is 22.5 Å². The number of aromatic nitrogens is 4. The van der Waals surface area contributed by atoms with Crippen LogP contribution < -0.4 is 5.73 Å². The maximum Gasteiger partial charge on any atom is 0.490 e. The lowest BCUT2D eigenvalue weighted by molar-refractivity contribution is -0.0287. The first-order valence-corrected chi connectivity index (χ1v) is 14.2. The van der Waals surface area contributed by atoms with Gasteiger partial charge in [0.05, 0.1) is 29.9 Å². The number of ether oxygens (including phenoxy) is 1. The highest BCUT2D eigenvalue weighted by Gasteiger charge is 2.42. The monoisotopic (exact) mass is 555 g/mol. The highest BCUT2D eigenvalue weighted by atomic mass is 31.3. The number of hydrogen-bond acceptors (Lipinski definition) is 12. The van der Waals surface area contributed by atoms with Crippen LogP contribution in [0.1, 0.15) is 19.6 Å². The second-order valence-electron chi connectivity index (χ2n) is 7.49. The van der Waals surface area contributed by atoms with Crippen molar-refractivity contribution >= 4 is 40.3 Å². The molecule has 17 nitrogen and oxygen atoms in total. The summed E-state index contributed by atoms with van der Waals surface area (Å²) in [5, 5.41) is 0.488. The summed E-state index contributed by atoms with van der Waals surface area (Å²) in [6.07, 6.45) is 4.73. The van der Waals surface area contributed by atoms with Crippen LogP contribution in [-0.4, -0.2) is 51.8 Å². The van der Waals surface area contributed by atoms with Gasteiger partial charge in [-0.05, 0) is 6.42 Å². The third kappa shape index (κ3) is 6.05. The topological polar surface area (TPSA) is 252 Å². The van der Waals surface area contributed by atoms with Crippen molar-refractivity contribution in [2.45, 2.75) is 25.7 Å². The minimum Gasteiger partial charge on any atom is -0.444 e. The number of fused-ring (bicyclic) bond motifs is 1. The van der Waals surface area contributed by atoms with E-state index in [1.165, 1.54) is 18.8 Å². The summed E-state index contributed by atoms with van der Waals surface area (Å²) in [6.45, 7) is 1.28. The predicted octanol–water partition coefficient (Wildman–Crippen LogP) is 1.94. The van der Waals surface area contributed by atoms with Crippen molar-refractivity contribution in [1.82, 2.24) is 19.5 Å². The Hall–Kier alpha value is -2.00. The van der Waals surface area contributed by atoms with Crippen LogP contribution in [-0.2, 0) is 31.6 Å². The van der Waals surface area contributed by atoms with Gasteiger partial charge < -0.3 is 39.0 Å². The Morgan fingerprint density at radius 3 is 2.54 bits per heavy atom. The highest BCUT2D eigenvalue weighted by Crippen LogP contribution is 2.66. The maximum absolute atomic E-state index is 12.0. The number of nitrogens with two attached hydrogens (primary N) is 1. The molecule has 20 heteroatoms. The fourth-order valence-corrected chi connectivity index (χ4v) is 6.72. The van der Waals surface area contributed by atoms with Crippen LogP contribution in [0.4, 0.5) is 5.82 Å². The van der Waals surface area contributed by atoms with E-state index in [4.69, 9.17) is 24.7 Å². The van der Waals surface area contributed by atoms with E-state index < -0.39 is 42.4 Å². The summed E-state index contributed by atoms with van der Waals surface area (Å²) in [7, 11) is -16.4. The van der Waals surface area contributed by atoms with Crippen LogP contribution in [0.3, 0.4) is 0 Å². The molecular weight excluding hydrogens is 535 g/mol. The van der Waals surface area contributed by atoms with Gasteiger partial charge >= 0.3 is 23.5 Å². The van der Waals surface area contributed by atoms with Crippen LogP contribution in [0, 0.1) is 5.92 Å². The smallest absolute Gasteiger partial charge is 0.444 e. The van der Waals surface area contributed by atoms with E-state index in [0.29, 0.717) is 23.0 Å². The average Bonchev–Trinajstić information content (AvgIpc) is 3.42. The van der Waals surface area contributed by atoms with Crippen molar-refractivity contribution in [1.29, 1.82) is 0 Å². The minimum atomic E-state index is -5.61. The molecule has 0 aromatic carbocycles. The number of hydrogen-bond donors (Lipinski definition) is 5. The van der Waals surface area contributed by atoms with Crippen LogP contribution in [0.15, 0.2) is 29.4 Å². The number of oxazole rings is 1. The summed E-state index contributed by atoms with van der Waals surface area (Å²) in [5.74, 6) is 0.302. The molecule has 0 aliphatic carbocycles. The molecule has 0 spiro atoms. The van der Waals surface area contributed by atoms with E-state index in [1.54, 1.807) is 10.8 Å². The van der Waals surface area contributed by atoms with E-state index in [-0.39, 0.29) is 17.6 Å². The number of nitrogen functional groups attached to an aromatic ring is 1. The van der Waals surface area contributed by atoms with Gasteiger partial charge in [-0.25, -0.2) is 28.6 Å². The molecule has 0 radical (unpaired) electrons. The van der Waals surface area contributed by atoms with Gasteiger partial charge in [-0.2, -0.15) is 8.62 Å².